The first-order chi connectivity index (χ1) is 10.2. The summed E-state index contributed by atoms with van der Waals surface area (Å²) < 4.78 is 0.929. The molecule has 0 spiro atoms. The van der Waals surface area contributed by atoms with E-state index < -0.39 is 0 Å². The van der Waals surface area contributed by atoms with Crippen molar-refractivity contribution in [2.75, 3.05) is 18.5 Å². The number of fused-ring (bicyclic) bond motifs is 1. The van der Waals surface area contributed by atoms with E-state index in [4.69, 9.17) is 0 Å². The molecule has 0 radical (unpaired) electrons. The third-order valence-corrected chi connectivity index (χ3v) is 4.88. The number of aliphatic hydroxyl groups is 1. The Balaban J connectivity index is 1.81. The molecule has 1 aliphatic carbocycles. The van der Waals surface area contributed by atoms with Crippen molar-refractivity contribution in [3.63, 3.8) is 0 Å². The second-order valence-electron chi connectivity index (χ2n) is 5.95. The zero-order valence-corrected chi connectivity index (χ0v) is 13.6. The van der Waals surface area contributed by atoms with Crippen molar-refractivity contribution in [3.8, 4) is 0 Å². The quantitative estimate of drug-likeness (QED) is 0.882. The van der Waals surface area contributed by atoms with Gasteiger partial charge in [-0.15, -0.1) is 0 Å². The second kappa shape index (κ2) is 6.28. The van der Waals surface area contributed by atoms with Gasteiger partial charge in [-0.25, -0.2) is 0 Å². The molecule has 2 aromatic heterocycles. The number of anilines is 1. The SMILES string of the molecule is OCC1(CNc2ccnc3cc(Br)cnc23)CCCCC1. The molecule has 4 nitrogen and oxygen atoms in total. The Labute approximate surface area is 133 Å². The lowest BCUT2D eigenvalue weighted by atomic mass is 9.74. The summed E-state index contributed by atoms with van der Waals surface area (Å²) >= 11 is 3.42. The van der Waals surface area contributed by atoms with E-state index in [0.717, 1.165) is 40.6 Å². The van der Waals surface area contributed by atoms with Crippen LogP contribution in [-0.2, 0) is 0 Å². The standard InChI is InChI=1S/C16H20BrN3O/c17-12-8-14-15(19-9-12)13(4-7-18-14)20-10-16(11-21)5-2-1-3-6-16/h4,7-9,21H,1-3,5-6,10-11H2,(H,18,20). The van der Waals surface area contributed by atoms with E-state index in [1.165, 1.54) is 19.3 Å². The van der Waals surface area contributed by atoms with Crippen molar-refractivity contribution in [1.29, 1.82) is 0 Å². The van der Waals surface area contributed by atoms with E-state index in [0.29, 0.717) is 0 Å². The maximum absolute atomic E-state index is 9.80. The Bertz CT molecular complexity index is 626. The predicted molar refractivity (Wildman–Crippen MR) is 88.3 cm³/mol. The summed E-state index contributed by atoms with van der Waals surface area (Å²) in [7, 11) is 0. The Hall–Kier alpha value is -1.20. The van der Waals surface area contributed by atoms with Crippen molar-refractivity contribution in [2.24, 2.45) is 5.41 Å². The van der Waals surface area contributed by atoms with Gasteiger partial charge in [0.2, 0.25) is 0 Å². The summed E-state index contributed by atoms with van der Waals surface area (Å²) in [6.45, 7) is 1.04. The maximum Gasteiger partial charge on any atom is 0.112 e. The molecule has 1 aliphatic rings. The minimum atomic E-state index is 0.0171. The predicted octanol–water partition coefficient (Wildman–Crippen LogP) is 3.75. The molecular weight excluding hydrogens is 330 g/mol. The lowest BCUT2D eigenvalue weighted by Gasteiger charge is -2.36. The molecule has 112 valence electrons. The van der Waals surface area contributed by atoms with E-state index in [-0.39, 0.29) is 12.0 Å². The molecule has 2 aromatic rings. The van der Waals surface area contributed by atoms with Gasteiger partial charge in [-0.05, 0) is 40.9 Å². The van der Waals surface area contributed by atoms with Crippen LogP contribution in [0, 0.1) is 5.41 Å². The van der Waals surface area contributed by atoms with E-state index in [9.17, 15) is 5.11 Å². The van der Waals surface area contributed by atoms with Crippen molar-refractivity contribution in [3.05, 3.63) is 29.0 Å². The maximum atomic E-state index is 9.80. The molecule has 21 heavy (non-hydrogen) atoms. The molecule has 0 unspecified atom stereocenters. The molecule has 0 bridgehead atoms. The number of rotatable bonds is 4. The third kappa shape index (κ3) is 3.19. The highest BCUT2D eigenvalue weighted by Gasteiger charge is 2.31. The molecule has 5 heteroatoms. The van der Waals surface area contributed by atoms with Crippen LogP contribution in [0.15, 0.2) is 29.0 Å². The van der Waals surface area contributed by atoms with Gasteiger partial charge in [-0.1, -0.05) is 19.3 Å². The lowest BCUT2D eigenvalue weighted by molar-refractivity contribution is 0.0944. The zero-order chi connectivity index (χ0) is 14.7. The van der Waals surface area contributed by atoms with Crippen LogP contribution >= 0.6 is 15.9 Å². The molecule has 0 amide bonds. The molecule has 1 fully saturated rings. The summed E-state index contributed by atoms with van der Waals surface area (Å²) in [5.74, 6) is 0. The molecule has 0 atom stereocenters. The van der Waals surface area contributed by atoms with Crippen LogP contribution < -0.4 is 5.32 Å². The average Bonchev–Trinajstić information content (AvgIpc) is 2.53. The van der Waals surface area contributed by atoms with Gasteiger partial charge in [0.05, 0.1) is 17.8 Å². The number of aromatic nitrogens is 2. The molecule has 1 saturated carbocycles. The molecule has 0 saturated heterocycles. The Kier molecular flexibility index (Phi) is 4.40. The van der Waals surface area contributed by atoms with Crippen LogP contribution in [0.1, 0.15) is 32.1 Å². The van der Waals surface area contributed by atoms with E-state index in [2.05, 4.69) is 31.2 Å². The Morgan fingerprint density at radius 2 is 2.05 bits per heavy atom. The first-order valence-corrected chi connectivity index (χ1v) is 8.27. The fourth-order valence-corrected chi connectivity index (χ4v) is 3.44. The summed E-state index contributed by atoms with van der Waals surface area (Å²) in [6.07, 6.45) is 9.49. The molecule has 3 rings (SSSR count). The normalized spacial score (nSPS) is 17.8. The van der Waals surface area contributed by atoms with Crippen molar-refractivity contribution >= 4 is 32.7 Å². The van der Waals surface area contributed by atoms with Gasteiger partial charge in [0.15, 0.2) is 0 Å². The minimum Gasteiger partial charge on any atom is -0.396 e. The summed E-state index contributed by atoms with van der Waals surface area (Å²) in [4.78, 5) is 8.81. The average molecular weight is 350 g/mol. The highest BCUT2D eigenvalue weighted by atomic mass is 79.9. The number of halogens is 1. The number of hydrogen-bond donors (Lipinski definition) is 2. The van der Waals surface area contributed by atoms with Gasteiger partial charge < -0.3 is 10.4 Å². The minimum absolute atomic E-state index is 0.0171. The van der Waals surface area contributed by atoms with Crippen LogP contribution in [0.2, 0.25) is 0 Å². The zero-order valence-electron chi connectivity index (χ0n) is 12.0. The van der Waals surface area contributed by atoms with Crippen LogP contribution in [0.3, 0.4) is 0 Å². The van der Waals surface area contributed by atoms with Crippen LogP contribution in [0.5, 0.6) is 0 Å². The highest BCUT2D eigenvalue weighted by Crippen LogP contribution is 2.36. The van der Waals surface area contributed by atoms with Crippen molar-refractivity contribution in [2.45, 2.75) is 32.1 Å². The van der Waals surface area contributed by atoms with Gasteiger partial charge in [0, 0.05) is 28.8 Å². The number of nitrogens with zero attached hydrogens (tertiary/aromatic N) is 2. The number of aliphatic hydroxyl groups excluding tert-OH is 1. The third-order valence-electron chi connectivity index (χ3n) is 4.45. The van der Waals surface area contributed by atoms with Crippen molar-refractivity contribution < 1.29 is 5.11 Å². The van der Waals surface area contributed by atoms with Gasteiger partial charge in [-0.2, -0.15) is 0 Å². The lowest BCUT2D eigenvalue weighted by Crippen LogP contribution is -2.35. The van der Waals surface area contributed by atoms with Gasteiger partial charge >= 0.3 is 0 Å². The monoisotopic (exact) mass is 349 g/mol. The molecule has 0 aliphatic heterocycles. The first kappa shape index (κ1) is 14.7. The van der Waals surface area contributed by atoms with Gasteiger partial charge in [0.25, 0.3) is 0 Å². The summed E-state index contributed by atoms with van der Waals surface area (Å²) in [6, 6.07) is 3.92. The highest BCUT2D eigenvalue weighted by molar-refractivity contribution is 9.10. The van der Waals surface area contributed by atoms with Gasteiger partial charge in [-0.3, -0.25) is 9.97 Å². The Morgan fingerprint density at radius 1 is 1.24 bits per heavy atom. The Morgan fingerprint density at radius 3 is 2.81 bits per heavy atom. The number of hydrogen-bond acceptors (Lipinski definition) is 4. The second-order valence-corrected chi connectivity index (χ2v) is 6.87. The molecule has 2 heterocycles. The summed E-state index contributed by atoms with van der Waals surface area (Å²) in [5, 5.41) is 13.3. The van der Waals surface area contributed by atoms with Gasteiger partial charge in [0.1, 0.15) is 5.52 Å². The van der Waals surface area contributed by atoms with Crippen LogP contribution in [-0.4, -0.2) is 28.2 Å². The van der Waals surface area contributed by atoms with E-state index in [1.54, 1.807) is 12.4 Å². The van der Waals surface area contributed by atoms with Crippen molar-refractivity contribution in [1.82, 2.24) is 9.97 Å². The van der Waals surface area contributed by atoms with Crippen LogP contribution in [0.25, 0.3) is 11.0 Å². The summed E-state index contributed by atoms with van der Waals surface area (Å²) in [5.41, 5.74) is 2.76. The topological polar surface area (TPSA) is 58.0 Å². The van der Waals surface area contributed by atoms with E-state index in [1.807, 2.05) is 12.1 Å². The number of nitrogens with one attached hydrogen (secondary N) is 1. The molecule has 2 N–H and O–H groups in total. The molecular formula is C16H20BrN3O. The van der Waals surface area contributed by atoms with Crippen LogP contribution in [0.4, 0.5) is 5.69 Å². The smallest absolute Gasteiger partial charge is 0.112 e. The van der Waals surface area contributed by atoms with E-state index >= 15 is 0 Å². The molecule has 0 aromatic carbocycles. The fraction of sp³-hybridized carbons (Fsp3) is 0.500. The number of pyridine rings is 2. The largest absolute Gasteiger partial charge is 0.396 e. The first-order valence-electron chi connectivity index (χ1n) is 7.47. The fourth-order valence-electron chi connectivity index (χ4n) is 3.12.